The number of primary amides is 2. The Morgan fingerprint density at radius 2 is 0.628 bits per heavy atom. The van der Waals surface area contributed by atoms with E-state index in [1.54, 1.807) is 65.0 Å². The van der Waals surface area contributed by atoms with Gasteiger partial charge in [-0.3, -0.25) is 115 Å². The number of carbonyl (C=O) groups excluding carboxylic acids is 19. The van der Waals surface area contributed by atoms with Crippen molar-refractivity contribution < 1.29 is 156 Å². The van der Waals surface area contributed by atoms with Crippen LogP contribution >= 0.6 is 0 Å². The van der Waals surface area contributed by atoms with Crippen molar-refractivity contribution >= 4 is 148 Å². The molecule has 0 saturated carbocycles. The summed E-state index contributed by atoms with van der Waals surface area (Å²) in [6, 6.07) is -23.6. The number of amides is 19. The lowest BCUT2D eigenvalue weighted by Gasteiger charge is -2.30. The minimum absolute atomic E-state index is 0.00503. The van der Waals surface area contributed by atoms with Gasteiger partial charge in [-0.05, 0) is 133 Å². The van der Waals surface area contributed by atoms with Crippen LogP contribution in [0.25, 0.3) is 0 Å². The first-order chi connectivity index (χ1) is 69.1. The molecule has 37 N–H and O–H groups in total. The molecule has 56 heteroatoms. The van der Waals surface area contributed by atoms with Crippen LogP contribution in [0.1, 0.15) is 218 Å². The molecule has 56 nitrogen and oxygen atoms in total. The normalized spacial score (nSPS) is 15.7. The summed E-state index contributed by atoms with van der Waals surface area (Å²) in [5.74, 6) is -33.9. The summed E-state index contributed by atoms with van der Waals surface area (Å²) in [6.45, 7) is 17.5. The number of guanidine groups is 1. The van der Waals surface area contributed by atoms with Gasteiger partial charge in [0.15, 0.2) is 5.96 Å². The van der Waals surface area contributed by atoms with Gasteiger partial charge in [-0.2, -0.15) is 0 Å². The van der Waals surface area contributed by atoms with Crippen LogP contribution in [0.5, 0.6) is 0 Å². The summed E-state index contributed by atoms with van der Waals surface area (Å²) >= 11 is 0. The van der Waals surface area contributed by atoms with E-state index in [0.717, 1.165) is 6.92 Å². The molecule has 0 saturated heterocycles. The third kappa shape index (κ3) is 50.1. The standard InChI is InChI=1S/C92H152N24O32/c1-14-45(9)71(115-84(140)61(40-64(95)121)110-86(142)69(96)48(12)118)88(144)104-51(24-19-20-34-93)77(133)116-73(49(13)119)90(146)105-53(27-31-66(124)125)75(131)102-55(29-33-68(128)129)79(135)114-72(46(10)15-2)89(145)112-62(41-117)85(141)103-54(28-32-67(126)127)78(134)113-70(44(7)8)87(143)111-60(39-63(94)120)83(139)108-58(37-43(5)6)81(137)107-57(36-42(3)4)80(136)100-47(11)74(130)101-52(26-30-65(122)123)76(132)109-59(38-50-22-17-16-18-23-50)82(138)106-56(91(147)148)25-21-35-99-92(97)98/h16-18,22-23,42-49,51-62,69-73,117-119H,14-15,19-21,24-41,93,96H2,1-13H3,(H2,94,120)(H2,95,121)(H,100,136)(H,101,130)(H,102,131)(H,103,141)(H,104,144)(H,105,146)(H,106,138)(H,107,137)(H,108,139)(H,109,132)(H,110,142)(H,111,143)(H,112,145)(H,113,134)(H,114,135)(H,115,140)(H,116,133)(H,122,123)(H,124,125)(H,126,127)(H,128,129)(H,147,148)(H4,97,98,99)/t45-,46-,47-,48+,49+,51-,52-,53-,54-,55-,56-,57-,58-,59-,60-,61-,62-,69-,70-,71-,72-,73-/m0/s1. The molecule has 22 atom stereocenters. The number of hydrogen-bond acceptors (Lipinski definition) is 30. The van der Waals surface area contributed by atoms with Crippen molar-refractivity contribution in [3.8, 4) is 0 Å². The van der Waals surface area contributed by atoms with Gasteiger partial charge >= 0.3 is 29.8 Å². The number of aliphatic imine (C=N–C) groups is 1. The lowest BCUT2D eigenvalue weighted by molar-refractivity contribution is -0.142. The Morgan fingerprint density at radius 3 is 1.00 bits per heavy atom. The van der Waals surface area contributed by atoms with Crippen LogP contribution in [0.4, 0.5) is 0 Å². The number of rotatable bonds is 73. The molecule has 0 aliphatic heterocycles. The Morgan fingerprint density at radius 1 is 0.324 bits per heavy atom. The summed E-state index contributed by atoms with van der Waals surface area (Å²) in [5, 5.41) is 121. The maximum atomic E-state index is 14.5. The molecule has 0 spiro atoms. The van der Waals surface area contributed by atoms with Crippen LogP contribution in [0, 0.1) is 29.6 Å². The molecular weight excluding hydrogens is 1950 g/mol. The molecule has 0 heterocycles. The van der Waals surface area contributed by atoms with Gasteiger partial charge in [0, 0.05) is 38.6 Å². The average Bonchev–Trinajstić information content (AvgIpc) is 0.842. The van der Waals surface area contributed by atoms with Gasteiger partial charge in [-0.15, -0.1) is 0 Å². The van der Waals surface area contributed by atoms with E-state index >= 15 is 0 Å². The molecular formula is C92H152N24O32. The van der Waals surface area contributed by atoms with Gasteiger partial charge in [0.1, 0.15) is 109 Å². The Hall–Kier alpha value is -14.4. The predicted molar refractivity (Wildman–Crippen MR) is 525 cm³/mol. The average molecular weight is 2110 g/mol. The van der Waals surface area contributed by atoms with E-state index in [-0.39, 0.29) is 83.3 Å². The van der Waals surface area contributed by atoms with Crippen molar-refractivity contribution in [3.05, 3.63) is 35.9 Å². The van der Waals surface area contributed by atoms with E-state index in [2.05, 4.69) is 95.4 Å². The van der Waals surface area contributed by atoms with Crippen LogP contribution in [0.2, 0.25) is 0 Å². The molecule has 19 amide bonds. The fourth-order valence-corrected chi connectivity index (χ4v) is 14.4. The van der Waals surface area contributed by atoms with Crippen LogP contribution in [-0.2, 0) is 121 Å². The molecule has 832 valence electrons. The number of nitrogens with zero attached hydrogens (tertiary/aromatic N) is 1. The first kappa shape index (κ1) is 132. The van der Waals surface area contributed by atoms with E-state index < -0.39 is 363 Å². The lowest BCUT2D eigenvalue weighted by atomic mass is 9.96. The molecule has 0 aromatic heterocycles. The molecule has 0 aliphatic rings. The third-order valence-corrected chi connectivity index (χ3v) is 23.2. The highest BCUT2D eigenvalue weighted by Crippen LogP contribution is 2.19. The molecule has 1 aromatic rings. The van der Waals surface area contributed by atoms with Crippen LogP contribution in [0.3, 0.4) is 0 Å². The zero-order chi connectivity index (χ0) is 113. The van der Waals surface area contributed by atoms with Gasteiger partial charge in [0.05, 0.1) is 31.7 Å². The topological polar surface area (TPSA) is 945 Å². The number of hydrogen-bond donors (Lipinski definition) is 31. The highest BCUT2D eigenvalue weighted by molar-refractivity contribution is 6.03. The van der Waals surface area contributed by atoms with Gasteiger partial charge in [-0.1, -0.05) is 112 Å². The van der Waals surface area contributed by atoms with E-state index in [1.807, 2.05) is 0 Å². The molecule has 0 radical (unpaired) electrons. The molecule has 0 unspecified atom stereocenters. The molecule has 1 aromatic carbocycles. The van der Waals surface area contributed by atoms with Gasteiger partial charge in [0.25, 0.3) is 0 Å². The molecule has 0 bridgehead atoms. The second-order valence-electron chi connectivity index (χ2n) is 37.2. The maximum absolute atomic E-state index is 14.5. The first-order valence-corrected chi connectivity index (χ1v) is 48.5. The van der Waals surface area contributed by atoms with Crippen LogP contribution in [-0.4, -0.2) is 330 Å². The quantitative estimate of drug-likeness (QED) is 0.0164. The fourth-order valence-electron chi connectivity index (χ4n) is 14.4. The molecule has 0 fully saturated rings. The molecule has 148 heavy (non-hydrogen) atoms. The van der Waals surface area contributed by atoms with Crippen molar-refractivity contribution in [2.45, 2.75) is 339 Å². The van der Waals surface area contributed by atoms with Crippen molar-refractivity contribution in [2.75, 3.05) is 19.7 Å². The zero-order valence-electron chi connectivity index (χ0n) is 85.4. The number of carbonyl (C=O) groups is 24. The number of aliphatic carboxylic acids is 5. The molecule has 0 aliphatic carbocycles. The first-order valence-electron chi connectivity index (χ1n) is 48.5. The second kappa shape index (κ2) is 67.4. The van der Waals surface area contributed by atoms with Crippen molar-refractivity contribution in [1.29, 1.82) is 0 Å². The van der Waals surface area contributed by atoms with E-state index in [9.17, 15) is 156 Å². The number of nitrogens with two attached hydrogens (primary N) is 6. The fraction of sp³-hybridized carbons (Fsp3) is 0.663. The molecule has 1 rings (SSSR count). The van der Waals surface area contributed by atoms with Crippen molar-refractivity contribution in [2.24, 2.45) is 69.0 Å². The number of aliphatic hydroxyl groups excluding tert-OH is 3. The Kier molecular flexibility index (Phi) is 59.9. The maximum Gasteiger partial charge on any atom is 0.326 e. The Balaban J connectivity index is 3.70. The monoisotopic (exact) mass is 2110 g/mol. The number of carboxylic acid groups (broad SMARTS) is 5. The third-order valence-electron chi connectivity index (χ3n) is 23.2. The number of carboxylic acids is 5. The SMILES string of the molecule is CC[C@H](C)[C@H](NC(=O)[C@H](CCC(=O)O)NC(=O)[C@H](CCC(=O)O)NC(=O)[C@@H](NC(=O)[C@H](CCCCN)NC(=O)[C@@H](NC(=O)[C@H](CC(N)=O)NC(=O)[C@@H](N)[C@@H](C)O)[C@@H](C)CC)[C@@H](C)O)C(=O)N[C@@H](CO)C(=O)N[C@@H](CCC(=O)O)C(=O)N[C@H](C(=O)N[C@@H](CC(N)=O)C(=O)N[C@@H](CC(C)C)C(=O)N[C@@H](CC(C)C)C(=O)N[C@@H](C)C(=O)N[C@@H](CCC(=O)O)C(=O)N[C@@H](Cc1ccccc1)C(=O)N[C@@H](CCCN=C(N)N)C(=O)O)C(C)C. The van der Waals surface area contributed by atoms with Crippen LogP contribution in [0.15, 0.2) is 35.3 Å². The Labute approximate surface area is 854 Å². The van der Waals surface area contributed by atoms with E-state index in [0.29, 0.717) is 5.56 Å². The summed E-state index contributed by atoms with van der Waals surface area (Å²) in [4.78, 5) is 330. The smallest absolute Gasteiger partial charge is 0.326 e. The number of unbranched alkanes of at least 4 members (excludes halogenated alkanes) is 1. The van der Waals surface area contributed by atoms with Crippen molar-refractivity contribution in [1.82, 2.24) is 90.4 Å². The Bertz CT molecular complexity index is 4710. The van der Waals surface area contributed by atoms with Gasteiger partial charge in [-0.25, -0.2) is 4.79 Å². The zero-order valence-corrected chi connectivity index (χ0v) is 85.4. The predicted octanol–water partition coefficient (Wildman–Crippen LogP) is -9.11. The minimum Gasteiger partial charge on any atom is -0.481 e. The summed E-state index contributed by atoms with van der Waals surface area (Å²) in [6.07, 6.45) is -11.8. The number of nitrogens with one attached hydrogen (secondary N) is 17. The number of benzene rings is 1. The van der Waals surface area contributed by atoms with Crippen molar-refractivity contribution in [3.63, 3.8) is 0 Å². The second-order valence-corrected chi connectivity index (χ2v) is 37.2. The highest BCUT2D eigenvalue weighted by Gasteiger charge is 2.43. The number of aliphatic hydroxyl groups is 3. The largest absolute Gasteiger partial charge is 0.481 e. The summed E-state index contributed by atoms with van der Waals surface area (Å²) in [7, 11) is 0. The minimum atomic E-state index is -2.11. The van der Waals surface area contributed by atoms with Gasteiger partial charge in [0.2, 0.25) is 112 Å². The van der Waals surface area contributed by atoms with Crippen LogP contribution < -0.4 is 125 Å². The van der Waals surface area contributed by atoms with E-state index in [4.69, 9.17) is 34.4 Å². The van der Waals surface area contributed by atoms with Gasteiger partial charge < -0.3 is 166 Å². The van der Waals surface area contributed by atoms with E-state index in [1.165, 1.54) is 48.5 Å². The highest BCUT2D eigenvalue weighted by atomic mass is 16.4. The lowest BCUT2D eigenvalue weighted by Crippen LogP contribution is -2.63. The summed E-state index contributed by atoms with van der Waals surface area (Å²) < 4.78 is 0. The summed E-state index contributed by atoms with van der Waals surface area (Å²) in [5.41, 5.74) is 33.6.